The van der Waals surface area contributed by atoms with Crippen molar-refractivity contribution >= 4 is 32.8 Å². The van der Waals surface area contributed by atoms with Gasteiger partial charge in [0.05, 0.1) is 6.04 Å². The highest BCUT2D eigenvalue weighted by atomic mass is 79.9. The van der Waals surface area contributed by atoms with Crippen LogP contribution in [-0.4, -0.2) is 22.3 Å². The number of carboxylic acid groups (broad SMARTS) is 1. The number of fused-ring (bicyclic) bond motifs is 2. The van der Waals surface area contributed by atoms with E-state index in [4.69, 9.17) is 0 Å². The van der Waals surface area contributed by atoms with Gasteiger partial charge >= 0.3 is 12.3 Å². The summed E-state index contributed by atoms with van der Waals surface area (Å²) in [6, 6.07) is 16.2. The van der Waals surface area contributed by atoms with Crippen molar-refractivity contribution in [3.05, 3.63) is 81.8 Å². The minimum atomic E-state index is -4.77. The summed E-state index contributed by atoms with van der Waals surface area (Å²) in [4.78, 5) is 13.0. The number of benzene rings is 3. The van der Waals surface area contributed by atoms with Crippen LogP contribution >= 0.6 is 15.9 Å². The molecule has 0 aromatic heterocycles. The number of nitrogens with zero attached hydrogens (tertiary/aromatic N) is 1. The molecule has 30 heavy (non-hydrogen) atoms. The Kier molecular flexibility index (Phi) is 5.04. The molecular formula is C23H19BrF3NO2. The van der Waals surface area contributed by atoms with Crippen LogP contribution in [0.2, 0.25) is 0 Å². The number of halogens is 4. The SMILES string of the molecule is C[C@@H](c1cccc2ccccc12)N(C(=O)O)[C@]1(C(F)(F)F)CCc2cc(Br)ccc21. The van der Waals surface area contributed by atoms with Crippen molar-refractivity contribution in [2.45, 2.75) is 37.5 Å². The normalized spacial score (nSPS) is 19.5. The van der Waals surface area contributed by atoms with Crippen LogP contribution in [0.5, 0.6) is 0 Å². The van der Waals surface area contributed by atoms with E-state index in [1.54, 1.807) is 30.3 Å². The van der Waals surface area contributed by atoms with Crippen molar-refractivity contribution in [2.75, 3.05) is 0 Å². The minimum absolute atomic E-state index is 0.00712. The topological polar surface area (TPSA) is 40.5 Å². The zero-order chi connectivity index (χ0) is 21.7. The number of rotatable bonds is 3. The molecule has 1 aliphatic rings. The molecule has 0 unspecified atom stereocenters. The van der Waals surface area contributed by atoms with E-state index >= 15 is 0 Å². The molecule has 0 radical (unpaired) electrons. The van der Waals surface area contributed by atoms with Gasteiger partial charge in [0, 0.05) is 4.47 Å². The first-order chi connectivity index (χ1) is 14.2. The van der Waals surface area contributed by atoms with Crippen LogP contribution < -0.4 is 0 Å². The molecule has 4 rings (SSSR count). The predicted octanol–water partition coefficient (Wildman–Crippen LogP) is 7.05. The van der Waals surface area contributed by atoms with Crippen LogP contribution in [-0.2, 0) is 12.0 Å². The number of hydrogen-bond donors (Lipinski definition) is 1. The second-order valence-corrected chi connectivity index (χ2v) is 8.47. The monoisotopic (exact) mass is 477 g/mol. The molecule has 0 spiro atoms. The molecule has 0 saturated carbocycles. The molecule has 0 heterocycles. The van der Waals surface area contributed by atoms with E-state index in [1.165, 1.54) is 19.1 Å². The van der Waals surface area contributed by atoms with E-state index in [9.17, 15) is 23.1 Å². The molecule has 1 amide bonds. The molecule has 7 heteroatoms. The van der Waals surface area contributed by atoms with E-state index in [2.05, 4.69) is 15.9 Å². The Balaban J connectivity index is 1.94. The third-order valence-electron chi connectivity index (χ3n) is 6.02. The van der Waals surface area contributed by atoms with E-state index in [1.807, 2.05) is 18.2 Å². The second kappa shape index (κ2) is 7.30. The fraction of sp³-hybridized carbons (Fsp3) is 0.261. The maximum Gasteiger partial charge on any atom is 0.416 e. The van der Waals surface area contributed by atoms with Crippen molar-refractivity contribution in [3.8, 4) is 0 Å². The van der Waals surface area contributed by atoms with E-state index in [0.29, 0.717) is 20.5 Å². The number of amides is 1. The molecule has 3 aromatic rings. The average molecular weight is 478 g/mol. The Hall–Kier alpha value is -2.54. The quantitative estimate of drug-likeness (QED) is 0.439. The molecule has 156 valence electrons. The standard InChI is InChI=1S/C23H19BrF3NO2/c1-14(18-8-4-6-15-5-2-3-7-19(15)18)28(21(29)30)22(23(25,26)27)12-11-16-13-17(24)9-10-20(16)22/h2-10,13-14H,11-12H2,1H3,(H,29,30)/t14-,22+/m0/s1. The van der Waals surface area contributed by atoms with E-state index < -0.39 is 23.9 Å². The van der Waals surface area contributed by atoms with E-state index in [0.717, 1.165) is 10.8 Å². The summed E-state index contributed by atoms with van der Waals surface area (Å²) < 4.78 is 44.7. The fourth-order valence-electron chi connectivity index (χ4n) is 4.72. The van der Waals surface area contributed by atoms with Crippen molar-refractivity contribution < 1.29 is 23.1 Å². The molecule has 3 aromatic carbocycles. The van der Waals surface area contributed by atoms with Crippen LogP contribution in [0, 0.1) is 0 Å². The first kappa shape index (κ1) is 20.7. The van der Waals surface area contributed by atoms with Gasteiger partial charge in [-0.25, -0.2) is 4.79 Å². The molecule has 0 aliphatic heterocycles. The Bertz CT molecular complexity index is 1130. The van der Waals surface area contributed by atoms with Gasteiger partial charge in [-0.2, -0.15) is 13.2 Å². The van der Waals surface area contributed by atoms with Crippen LogP contribution in [0.25, 0.3) is 10.8 Å². The lowest BCUT2D eigenvalue weighted by Crippen LogP contribution is -2.57. The maximum atomic E-state index is 14.7. The molecule has 1 N–H and O–H groups in total. The van der Waals surface area contributed by atoms with Gasteiger partial charge in [-0.1, -0.05) is 64.5 Å². The van der Waals surface area contributed by atoms with Gasteiger partial charge in [0.1, 0.15) is 0 Å². The molecular weight excluding hydrogens is 459 g/mol. The van der Waals surface area contributed by atoms with Crippen LogP contribution in [0.4, 0.5) is 18.0 Å². The first-order valence-corrected chi connectivity index (χ1v) is 10.3. The molecule has 0 fully saturated rings. The summed E-state index contributed by atoms with van der Waals surface area (Å²) in [6.07, 6.45) is -6.56. The highest BCUT2D eigenvalue weighted by Gasteiger charge is 2.64. The van der Waals surface area contributed by atoms with Crippen LogP contribution in [0.1, 0.15) is 36.1 Å². The van der Waals surface area contributed by atoms with Crippen molar-refractivity contribution in [1.82, 2.24) is 4.90 Å². The number of alkyl halides is 3. The smallest absolute Gasteiger partial charge is 0.416 e. The minimum Gasteiger partial charge on any atom is -0.465 e. The number of aryl methyl sites for hydroxylation is 1. The first-order valence-electron chi connectivity index (χ1n) is 9.52. The fourth-order valence-corrected chi connectivity index (χ4v) is 5.13. The van der Waals surface area contributed by atoms with Crippen molar-refractivity contribution in [2.24, 2.45) is 0 Å². The Morgan fingerprint density at radius 3 is 2.53 bits per heavy atom. The molecule has 1 aliphatic carbocycles. The van der Waals surface area contributed by atoms with Gasteiger partial charge in [-0.3, -0.25) is 4.90 Å². The lowest BCUT2D eigenvalue weighted by molar-refractivity contribution is -0.236. The summed E-state index contributed by atoms with van der Waals surface area (Å²) in [5.74, 6) is 0. The second-order valence-electron chi connectivity index (χ2n) is 7.56. The summed E-state index contributed by atoms with van der Waals surface area (Å²) in [5, 5.41) is 11.7. The summed E-state index contributed by atoms with van der Waals surface area (Å²) in [7, 11) is 0. The Labute approximate surface area is 180 Å². The molecule has 2 atom stereocenters. The van der Waals surface area contributed by atoms with Gasteiger partial charge in [0.25, 0.3) is 0 Å². The van der Waals surface area contributed by atoms with E-state index in [-0.39, 0.29) is 18.4 Å². The third-order valence-corrected chi connectivity index (χ3v) is 6.51. The third kappa shape index (κ3) is 3.07. The van der Waals surface area contributed by atoms with Crippen molar-refractivity contribution in [3.63, 3.8) is 0 Å². The lowest BCUT2D eigenvalue weighted by Gasteiger charge is -2.45. The zero-order valence-corrected chi connectivity index (χ0v) is 17.7. The van der Waals surface area contributed by atoms with Crippen LogP contribution in [0.3, 0.4) is 0 Å². The van der Waals surface area contributed by atoms with Gasteiger partial charge < -0.3 is 5.11 Å². The van der Waals surface area contributed by atoms with Gasteiger partial charge in [0.15, 0.2) is 5.54 Å². The average Bonchev–Trinajstić information content (AvgIpc) is 3.06. The molecule has 0 saturated heterocycles. The Morgan fingerprint density at radius 1 is 1.13 bits per heavy atom. The summed E-state index contributed by atoms with van der Waals surface area (Å²) >= 11 is 3.30. The van der Waals surface area contributed by atoms with Gasteiger partial charge in [0.2, 0.25) is 0 Å². The highest BCUT2D eigenvalue weighted by Crippen LogP contribution is 2.55. The largest absolute Gasteiger partial charge is 0.465 e. The van der Waals surface area contributed by atoms with Crippen molar-refractivity contribution in [1.29, 1.82) is 0 Å². The highest BCUT2D eigenvalue weighted by molar-refractivity contribution is 9.10. The molecule has 3 nitrogen and oxygen atoms in total. The Morgan fingerprint density at radius 2 is 1.83 bits per heavy atom. The predicted molar refractivity (Wildman–Crippen MR) is 112 cm³/mol. The van der Waals surface area contributed by atoms with Gasteiger partial charge in [-0.15, -0.1) is 0 Å². The summed E-state index contributed by atoms with van der Waals surface area (Å²) in [6.45, 7) is 1.53. The summed E-state index contributed by atoms with van der Waals surface area (Å²) in [5.41, 5.74) is -1.54. The molecule has 0 bridgehead atoms. The van der Waals surface area contributed by atoms with Gasteiger partial charge in [-0.05, 0) is 59.4 Å². The number of carbonyl (C=O) groups is 1. The number of hydrogen-bond acceptors (Lipinski definition) is 1. The lowest BCUT2D eigenvalue weighted by atomic mass is 9.86. The zero-order valence-electron chi connectivity index (χ0n) is 16.1. The maximum absolute atomic E-state index is 14.7. The van der Waals surface area contributed by atoms with Crippen LogP contribution in [0.15, 0.2) is 65.1 Å².